The molecule has 3 heterocycles. The maximum atomic E-state index is 6.83. The van der Waals surface area contributed by atoms with Crippen LogP contribution >= 0.6 is 22.7 Å². The van der Waals surface area contributed by atoms with E-state index in [0.717, 1.165) is 39.0 Å². The predicted molar refractivity (Wildman–Crippen MR) is 232 cm³/mol. The van der Waals surface area contributed by atoms with E-state index in [0.29, 0.717) is 0 Å². The molecule has 12 rings (SSSR count). The molecule has 3 aromatic heterocycles. The molecule has 0 fully saturated rings. The van der Waals surface area contributed by atoms with Gasteiger partial charge in [0, 0.05) is 62.5 Å². The van der Waals surface area contributed by atoms with Crippen LogP contribution in [0.1, 0.15) is 23.6 Å². The molecule has 0 spiro atoms. The Balaban J connectivity index is 1.08. The molecule has 1 aliphatic carbocycles. The number of nitrogens with zero attached hydrogens (tertiary/aromatic N) is 1. The third-order valence-corrected chi connectivity index (χ3v) is 14.0. The first kappa shape index (κ1) is 30.3. The van der Waals surface area contributed by atoms with Crippen LogP contribution in [0.5, 0.6) is 0 Å². The second-order valence-electron chi connectivity index (χ2n) is 14.6. The molecular formula is C50H31NOS2. The lowest BCUT2D eigenvalue weighted by Crippen LogP contribution is -2.22. The molecule has 0 saturated carbocycles. The summed E-state index contributed by atoms with van der Waals surface area (Å²) < 4.78 is 12.0. The molecule has 254 valence electrons. The summed E-state index contributed by atoms with van der Waals surface area (Å²) in [6.07, 6.45) is 0. The van der Waals surface area contributed by atoms with Crippen molar-refractivity contribution in [3.63, 3.8) is 0 Å². The molecule has 0 bridgehead atoms. The predicted octanol–water partition coefficient (Wildman–Crippen LogP) is 15.1. The quantitative estimate of drug-likeness (QED) is 0.180. The van der Waals surface area contributed by atoms with Crippen LogP contribution in [0, 0.1) is 0 Å². The Labute approximate surface area is 319 Å². The Morgan fingerprint density at radius 2 is 0.981 bits per heavy atom. The van der Waals surface area contributed by atoms with E-state index < -0.39 is 0 Å². The molecule has 11 aromatic rings. The van der Waals surface area contributed by atoms with E-state index in [1.54, 1.807) is 0 Å². The van der Waals surface area contributed by atoms with Crippen LogP contribution in [-0.4, -0.2) is 0 Å². The Morgan fingerprint density at radius 3 is 1.61 bits per heavy atom. The van der Waals surface area contributed by atoms with Gasteiger partial charge in [0.2, 0.25) is 0 Å². The monoisotopic (exact) mass is 725 g/mol. The van der Waals surface area contributed by atoms with Gasteiger partial charge in [0.1, 0.15) is 11.2 Å². The summed E-state index contributed by atoms with van der Waals surface area (Å²) in [5.41, 5.74) is 11.4. The van der Waals surface area contributed by atoms with Gasteiger partial charge in [-0.2, -0.15) is 0 Å². The number of anilines is 3. The van der Waals surface area contributed by atoms with Crippen LogP contribution < -0.4 is 4.90 Å². The minimum Gasteiger partial charge on any atom is -0.456 e. The van der Waals surface area contributed by atoms with E-state index in [-0.39, 0.29) is 5.41 Å². The topological polar surface area (TPSA) is 16.4 Å². The summed E-state index contributed by atoms with van der Waals surface area (Å²) in [6, 6.07) is 62.4. The maximum Gasteiger partial charge on any atom is 0.137 e. The van der Waals surface area contributed by atoms with Gasteiger partial charge in [-0.3, -0.25) is 0 Å². The summed E-state index contributed by atoms with van der Waals surface area (Å²) in [6.45, 7) is 2.36. The summed E-state index contributed by atoms with van der Waals surface area (Å²) >= 11 is 3.71. The fourth-order valence-corrected chi connectivity index (χ4v) is 11.5. The lowest BCUT2D eigenvalue weighted by atomic mass is 9.74. The van der Waals surface area contributed by atoms with E-state index in [9.17, 15) is 0 Å². The standard InChI is InChI=1S/C50H31NOS2/c1-50(40-15-6-2-11-33(40)34-12-3-7-16-41(34)50)30-21-24-39-44(27-30)52-43-18-10-17-42(49(39)43)51(31-22-25-37-35-13-4-8-19-45(35)53-47(37)28-31)32-23-26-38-36-14-5-9-20-46(36)54-48(38)29-32/h2-29H,1H3. The Morgan fingerprint density at radius 1 is 0.444 bits per heavy atom. The van der Waals surface area contributed by atoms with E-state index in [1.807, 2.05) is 22.7 Å². The van der Waals surface area contributed by atoms with Gasteiger partial charge < -0.3 is 9.32 Å². The Kier molecular flexibility index (Phi) is 6.26. The van der Waals surface area contributed by atoms with Crippen molar-refractivity contribution in [1.82, 2.24) is 0 Å². The summed E-state index contributed by atoms with van der Waals surface area (Å²) in [4.78, 5) is 2.43. The molecule has 0 N–H and O–H groups in total. The third kappa shape index (κ3) is 4.15. The largest absolute Gasteiger partial charge is 0.456 e. The van der Waals surface area contributed by atoms with Gasteiger partial charge in [0.15, 0.2) is 0 Å². The second kappa shape index (κ2) is 11.2. The van der Waals surface area contributed by atoms with Gasteiger partial charge in [-0.25, -0.2) is 0 Å². The molecule has 0 unspecified atom stereocenters. The highest BCUT2D eigenvalue weighted by molar-refractivity contribution is 7.26. The van der Waals surface area contributed by atoms with Gasteiger partial charge in [-0.15, -0.1) is 22.7 Å². The zero-order chi connectivity index (χ0) is 35.5. The minimum absolute atomic E-state index is 0.297. The number of rotatable bonds is 4. The van der Waals surface area contributed by atoms with Crippen molar-refractivity contribution in [2.75, 3.05) is 4.90 Å². The van der Waals surface area contributed by atoms with Gasteiger partial charge in [0.25, 0.3) is 0 Å². The van der Waals surface area contributed by atoms with Crippen LogP contribution in [0.4, 0.5) is 17.1 Å². The molecule has 0 saturated heterocycles. The van der Waals surface area contributed by atoms with Gasteiger partial charge in [-0.05, 0) is 89.3 Å². The fourth-order valence-electron chi connectivity index (χ4n) is 9.20. The molecule has 0 atom stereocenters. The van der Waals surface area contributed by atoms with Crippen molar-refractivity contribution < 1.29 is 4.42 Å². The molecular weight excluding hydrogens is 695 g/mol. The molecule has 54 heavy (non-hydrogen) atoms. The fraction of sp³-hybridized carbons (Fsp3) is 0.0400. The zero-order valence-corrected chi connectivity index (χ0v) is 31.0. The van der Waals surface area contributed by atoms with E-state index in [4.69, 9.17) is 4.42 Å². The molecule has 2 nitrogen and oxygen atoms in total. The zero-order valence-electron chi connectivity index (χ0n) is 29.3. The summed E-state index contributed by atoms with van der Waals surface area (Å²) in [5, 5.41) is 7.43. The lowest BCUT2D eigenvalue weighted by Gasteiger charge is -2.28. The van der Waals surface area contributed by atoms with Crippen LogP contribution in [0.15, 0.2) is 174 Å². The van der Waals surface area contributed by atoms with Gasteiger partial charge in [0.05, 0.1) is 11.1 Å². The normalized spacial score (nSPS) is 13.4. The summed E-state index contributed by atoms with van der Waals surface area (Å²) in [7, 11) is 0. The van der Waals surface area contributed by atoms with Crippen LogP contribution in [0.25, 0.3) is 73.4 Å². The van der Waals surface area contributed by atoms with Gasteiger partial charge in [-0.1, -0.05) is 115 Å². The summed E-state index contributed by atoms with van der Waals surface area (Å²) in [5.74, 6) is 0. The minimum atomic E-state index is -0.297. The first-order valence-electron chi connectivity index (χ1n) is 18.4. The number of hydrogen-bond acceptors (Lipinski definition) is 4. The van der Waals surface area contributed by atoms with Crippen molar-refractivity contribution in [3.05, 3.63) is 187 Å². The van der Waals surface area contributed by atoms with Crippen molar-refractivity contribution in [2.24, 2.45) is 0 Å². The van der Waals surface area contributed by atoms with Gasteiger partial charge >= 0.3 is 0 Å². The van der Waals surface area contributed by atoms with Crippen molar-refractivity contribution in [1.29, 1.82) is 0 Å². The third-order valence-electron chi connectivity index (χ3n) is 11.8. The van der Waals surface area contributed by atoms with E-state index in [1.165, 1.54) is 68.2 Å². The average Bonchev–Trinajstić information content (AvgIpc) is 3.96. The van der Waals surface area contributed by atoms with Crippen LogP contribution in [0.2, 0.25) is 0 Å². The molecule has 8 aromatic carbocycles. The van der Waals surface area contributed by atoms with Crippen molar-refractivity contribution >= 4 is 102 Å². The number of hydrogen-bond donors (Lipinski definition) is 0. The highest BCUT2D eigenvalue weighted by Crippen LogP contribution is 2.53. The number of benzene rings is 8. The molecule has 1 aliphatic rings. The number of furan rings is 1. The molecule has 0 radical (unpaired) electrons. The van der Waals surface area contributed by atoms with Crippen LogP contribution in [0.3, 0.4) is 0 Å². The molecule has 4 heteroatoms. The second-order valence-corrected chi connectivity index (χ2v) is 16.7. The van der Waals surface area contributed by atoms with Crippen molar-refractivity contribution in [2.45, 2.75) is 12.3 Å². The van der Waals surface area contributed by atoms with Crippen molar-refractivity contribution in [3.8, 4) is 11.1 Å². The first-order chi connectivity index (χ1) is 26.6. The first-order valence-corrected chi connectivity index (χ1v) is 20.0. The highest BCUT2D eigenvalue weighted by Gasteiger charge is 2.40. The van der Waals surface area contributed by atoms with E-state index in [2.05, 4.69) is 182 Å². The lowest BCUT2D eigenvalue weighted by molar-refractivity contribution is 0.662. The smallest absolute Gasteiger partial charge is 0.137 e. The average molecular weight is 726 g/mol. The molecule has 0 amide bonds. The molecule has 0 aliphatic heterocycles. The highest BCUT2D eigenvalue weighted by atomic mass is 32.1. The number of thiophene rings is 2. The van der Waals surface area contributed by atoms with E-state index >= 15 is 0 Å². The number of fused-ring (bicyclic) bond motifs is 12. The Bertz CT molecular complexity index is 3170. The Hall–Kier alpha value is -6.20. The SMILES string of the molecule is CC1(c2ccc3c(c2)oc2cccc(N(c4ccc5c(c4)sc4ccccc45)c4ccc5c(c4)sc4ccccc45)c23)c2ccccc2-c2ccccc21. The van der Waals surface area contributed by atoms with Crippen LogP contribution in [-0.2, 0) is 5.41 Å². The maximum absolute atomic E-state index is 6.83.